The summed E-state index contributed by atoms with van der Waals surface area (Å²) in [4.78, 5) is 5.05. The Labute approximate surface area is 187 Å². The van der Waals surface area contributed by atoms with Crippen LogP contribution in [-0.4, -0.2) is 81.2 Å². The van der Waals surface area contributed by atoms with E-state index >= 15 is 0 Å². The van der Waals surface area contributed by atoms with Crippen LogP contribution in [0, 0.1) is 5.92 Å². The first-order valence-electron chi connectivity index (χ1n) is 12.1. The summed E-state index contributed by atoms with van der Waals surface area (Å²) in [5.41, 5.74) is 1.39. The lowest BCUT2D eigenvalue weighted by Crippen LogP contribution is -2.45. The van der Waals surface area contributed by atoms with Gasteiger partial charge in [-0.15, -0.1) is 0 Å². The molecule has 3 aliphatic rings. The Balaban J connectivity index is 1.25. The Morgan fingerprint density at radius 1 is 1.03 bits per heavy atom. The molecule has 3 aliphatic heterocycles. The first kappa shape index (κ1) is 22.8. The molecular formula is C25H40N2O4. The topological polar surface area (TPSA) is 43.4 Å². The van der Waals surface area contributed by atoms with Gasteiger partial charge in [-0.05, 0) is 49.3 Å². The predicted molar refractivity (Wildman–Crippen MR) is 122 cm³/mol. The first-order valence-corrected chi connectivity index (χ1v) is 12.1. The van der Waals surface area contributed by atoms with Crippen molar-refractivity contribution in [3.63, 3.8) is 0 Å². The fraction of sp³-hybridized carbons (Fsp3) is 0.760. The van der Waals surface area contributed by atoms with Crippen LogP contribution >= 0.6 is 0 Å². The molecule has 3 heterocycles. The Morgan fingerprint density at radius 2 is 1.81 bits per heavy atom. The number of morpholine rings is 1. The molecule has 0 N–H and O–H groups in total. The number of ether oxygens (including phenoxy) is 4. The van der Waals surface area contributed by atoms with Gasteiger partial charge in [0.25, 0.3) is 0 Å². The Kier molecular flexibility index (Phi) is 7.75. The number of likely N-dealkylation sites (tertiary alicyclic amines) is 1. The molecule has 31 heavy (non-hydrogen) atoms. The number of piperidine rings is 1. The van der Waals surface area contributed by atoms with Gasteiger partial charge in [0.15, 0.2) is 11.5 Å². The van der Waals surface area contributed by atoms with Crippen LogP contribution in [0.4, 0.5) is 0 Å². The Bertz CT molecular complexity index is 697. The molecule has 0 radical (unpaired) electrons. The molecule has 0 saturated carbocycles. The summed E-state index contributed by atoms with van der Waals surface area (Å²) in [6, 6.07) is 6.36. The van der Waals surface area contributed by atoms with Crippen molar-refractivity contribution < 1.29 is 18.9 Å². The van der Waals surface area contributed by atoms with Crippen molar-refractivity contribution in [3.05, 3.63) is 23.8 Å². The molecule has 1 aromatic carbocycles. The molecule has 174 valence electrons. The average Bonchev–Trinajstić information content (AvgIpc) is 3.17. The molecule has 1 aromatic rings. The normalized spacial score (nSPS) is 24.7. The highest BCUT2D eigenvalue weighted by molar-refractivity contribution is 5.43. The van der Waals surface area contributed by atoms with Gasteiger partial charge in [0.05, 0.1) is 38.6 Å². The number of rotatable bonds is 8. The monoisotopic (exact) mass is 432 g/mol. The van der Waals surface area contributed by atoms with Crippen molar-refractivity contribution in [2.75, 3.05) is 59.7 Å². The number of nitrogens with zero attached hydrogens (tertiary/aromatic N) is 2. The molecular weight excluding hydrogens is 392 g/mol. The molecule has 3 fully saturated rings. The van der Waals surface area contributed by atoms with E-state index in [1.165, 1.54) is 18.4 Å². The van der Waals surface area contributed by atoms with Crippen LogP contribution < -0.4 is 9.47 Å². The van der Waals surface area contributed by atoms with Crippen LogP contribution in [0.1, 0.15) is 45.1 Å². The van der Waals surface area contributed by atoms with Gasteiger partial charge < -0.3 is 18.9 Å². The second-order valence-corrected chi connectivity index (χ2v) is 9.84. The quantitative estimate of drug-likeness (QED) is 0.626. The van der Waals surface area contributed by atoms with E-state index in [1.807, 2.05) is 0 Å². The van der Waals surface area contributed by atoms with Gasteiger partial charge in [-0.25, -0.2) is 0 Å². The number of hydrogen-bond acceptors (Lipinski definition) is 6. The second-order valence-electron chi connectivity index (χ2n) is 9.84. The third kappa shape index (κ3) is 6.13. The van der Waals surface area contributed by atoms with Gasteiger partial charge in [0.1, 0.15) is 0 Å². The molecule has 6 nitrogen and oxygen atoms in total. The van der Waals surface area contributed by atoms with E-state index in [0.717, 1.165) is 76.8 Å². The maximum atomic E-state index is 6.64. The van der Waals surface area contributed by atoms with Crippen molar-refractivity contribution >= 4 is 0 Å². The average molecular weight is 433 g/mol. The van der Waals surface area contributed by atoms with Crippen LogP contribution in [0.15, 0.2) is 18.2 Å². The van der Waals surface area contributed by atoms with E-state index in [-0.39, 0.29) is 5.60 Å². The van der Waals surface area contributed by atoms with Crippen LogP contribution in [0.3, 0.4) is 0 Å². The maximum absolute atomic E-state index is 6.64. The zero-order valence-electron chi connectivity index (χ0n) is 19.6. The summed E-state index contributed by atoms with van der Waals surface area (Å²) in [5.74, 6) is 2.16. The summed E-state index contributed by atoms with van der Waals surface area (Å²) in [5, 5.41) is 0. The van der Waals surface area contributed by atoms with E-state index in [2.05, 4.69) is 41.8 Å². The molecule has 0 amide bonds. The fourth-order valence-corrected chi connectivity index (χ4v) is 5.03. The van der Waals surface area contributed by atoms with Gasteiger partial charge in [-0.1, -0.05) is 19.9 Å². The highest BCUT2D eigenvalue weighted by Gasteiger charge is 2.42. The minimum absolute atomic E-state index is 0.111. The lowest BCUT2D eigenvalue weighted by atomic mass is 9.88. The van der Waals surface area contributed by atoms with Crippen LogP contribution in [-0.2, 0) is 16.0 Å². The molecule has 0 aliphatic carbocycles. The van der Waals surface area contributed by atoms with E-state index in [1.54, 1.807) is 7.11 Å². The minimum atomic E-state index is 0.111. The largest absolute Gasteiger partial charge is 0.493 e. The van der Waals surface area contributed by atoms with Gasteiger partial charge in [-0.3, -0.25) is 9.80 Å². The third-order valence-corrected chi connectivity index (χ3v) is 6.88. The fourth-order valence-electron chi connectivity index (χ4n) is 5.03. The Morgan fingerprint density at radius 3 is 2.52 bits per heavy atom. The minimum Gasteiger partial charge on any atom is -0.493 e. The molecule has 1 unspecified atom stereocenters. The van der Waals surface area contributed by atoms with Crippen molar-refractivity contribution in [1.29, 1.82) is 0 Å². The van der Waals surface area contributed by atoms with Gasteiger partial charge in [-0.2, -0.15) is 0 Å². The van der Waals surface area contributed by atoms with Crippen LogP contribution in [0.5, 0.6) is 11.5 Å². The third-order valence-electron chi connectivity index (χ3n) is 6.88. The number of methoxy groups -OCH3 is 1. The SMILES string of the molecule is COc1cc(CN2CCC3(CCC(CN4CCOCC4)O3)CC2)ccc1OCC(C)C. The van der Waals surface area contributed by atoms with Gasteiger partial charge in [0, 0.05) is 39.3 Å². The summed E-state index contributed by atoms with van der Waals surface area (Å²) in [6.07, 6.45) is 5.09. The number of hydrogen-bond donors (Lipinski definition) is 0. The molecule has 0 aromatic heterocycles. The van der Waals surface area contributed by atoms with Gasteiger partial charge >= 0.3 is 0 Å². The maximum Gasteiger partial charge on any atom is 0.161 e. The lowest BCUT2D eigenvalue weighted by Gasteiger charge is -2.39. The second kappa shape index (κ2) is 10.5. The van der Waals surface area contributed by atoms with Crippen molar-refractivity contribution in [3.8, 4) is 11.5 Å². The first-order chi connectivity index (χ1) is 15.0. The van der Waals surface area contributed by atoms with Gasteiger partial charge in [0.2, 0.25) is 0 Å². The molecule has 0 bridgehead atoms. The van der Waals surface area contributed by atoms with Crippen LogP contribution in [0.2, 0.25) is 0 Å². The molecule has 3 saturated heterocycles. The van der Waals surface area contributed by atoms with Crippen LogP contribution in [0.25, 0.3) is 0 Å². The summed E-state index contributed by atoms with van der Waals surface area (Å²) < 4.78 is 23.6. The highest BCUT2D eigenvalue weighted by atomic mass is 16.5. The molecule has 4 rings (SSSR count). The van der Waals surface area contributed by atoms with E-state index in [9.17, 15) is 0 Å². The van der Waals surface area contributed by atoms with Crippen molar-refractivity contribution in [2.45, 2.75) is 57.8 Å². The van der Waals surface area contributed by atoms with Crippen molar-refractivity contribution in [1.82, 2.24) is 9.80 Å². The molecule has 1 atom stereocenters. The highest BCUT2D eigenvalue weighted by Crippen LogP contribution is 2.39. The van der Waals surface area contributed by atoms with E-state index in [0.29, 0.717) is 18.6 Å². The van der Waals surface area contributed by atoms with Crippen molar-refractivity contribution in [2.24, 2.45) is 5.92 Å². The lowest BCUT2D eigenvalue weighted by molar-refractivity contribution is -0.0898. The Hall–Kier alpha value is -1.34. The zero-order valence-corrected chi connectivity index (χ0v) is 19.6. The zero-order chi connectivity index (χ0) is 21.7. The summed E-state index contributed by atoms with van der Waals surface area (Å²) in [6.45, 7) is 13.0. The van der Waals surface area contributed by atoms with E-state index < -0.39 is 0 Å². The number of benzene rings is 1. The smallest absolute Gasteiger partial charge is 0.161 e. The molecule has 1 spiro atoms. The van der Waals surface area contributed by atoms with E-state index in [4.69, 9.17) is 18.9 Å². The predicted octanol–water partition coefficient (Wildman–Crippen LogP) is 3.58. The molecule has 6 heteroatoms. The standard InChI is InChI=1S/C25H40N2O4/c1-20(2)19-30-23-5-4-21(16-24(23)28-3)17-26-10-8-25(9-11-26)7-6-22(31-25)18-27-12-14-29-15-13-27/h4-5,16,20,22H,6-15,17-19H2,1-3H3. The summed E-state index contributed by atoms with van der Waals surface area (Å²) in [7, 11) is 1.72. The summed E-state index contributed by atoms with van der Waals surface area (Å²) >= 11 is 0.